The number of unbranched alkanes of at least 4 members (excludes halogenated alkanes) is 3. The highest BCUT2D eigenvalue weighted by Gasteiger charge is 2.39. The molecule has 22 heteroatoms. The molecule has 10 aliphatic rings. The molecular formula is C83H97N9O13+2. The van der Waals surface area contributed by atoms with Gasteiger partial charge in [0.05, 0.1) is 57.5 Å². The summed E-state index contributed by atoms with van der Waals surface area (Å²) in [5.74, 6) is 3.02. The smallest absolute Gasteiger partial charge is 0.325 e. The van der Waals surface area contributed by atoms with Gasteiger partial charge in [0.25, 0.3) is 0 Å². The summed E-state index contributed by atoms with van der Waals surface area (Å²) < 4.78 is 59.8. The zero-order valence-corrected chi connectivity index (χ0v) is 61.6. The van der Waals surface area contributed by atoms with Gasteiger partial charge in [-0.15, -0.1) is 0 Å². The maximum atomic E-state index is 13.4. The molecule has 0 aliphatic carbocycles. The van der Waals surface area contributed by atoms with Gasteiger partial charge in [-0.3, -0.25) is 19.2 Å². The molecule has 0 saturated heterocycles. The highest BCUT2D eigenvalue weighted by molar-refractivity contribution is 5.94. The monoisotopic (exact) mass is 1430 g/mol. The van der Waals surface area contributed by atoms with Gasteiger partial charge in [-0.1, -0.05) is 30.1 Å². The Bertz CT molecular complexity index is 4750. The van der Waals surface area contributed by atoms with E-state index >= 15 is 0 Å². The summed E-state index contributed by atoms with van der Waals surface area (Å²) in [4.78, 5) is 62.9. The van der Waals surface area contributed by atoms with Crippen LogP contribution < -0.4 is 73.6 Å². The molecule has 0 atom stereocenters. The molecule has 550 valence electrons. The highest BCUT2D eigenvalue weighted by Crippen LogP contribution is 2.52. The summed E-state index contributed by atoms with van der Waals surface area (Å²) in [6.07, 6.45) is 20.8. The van der Waals surface area contributed by atoms with Crippen molar-refractivity contribution in [2.24, 2.45) is 5.11 Å². The van der Waals surface area contributed by atoms with Crippen molar-refractivity contribution >= 4 is 57.8 Å². The van der Waals surface area contributed by atoms with Gasteiger partial charge >= 0.3 is 23.9 Å². The second kappa shape index (κ2) is 31.4. The zero-order valence-electron chi connectivity index (χ0n) is 61.6. The van der Waals surface area contributed by atoms with Crippen LogP contribution in [0.1, 0.15) is 145 Å². The van der Waals surface area contributed by atoms with Crippen molar-refractivity contribution in [1.82, 2.24) is 9.15 Å². The Balaban J connectivity index is 0.000000250. The molecule has 10 heterocycles. The van der Waals surface area contributed by atoms with Crippen LogP contribution in [0.25, 0.3) is 21.6 Å². The molecule has 0 fully saturated rings. The lowest BCUT2D eigenvalue weighted by Gasteiger charge is -2.39. The number of fused-ring (bicyclic) bond motifs is 8. The summed E-state index contributed by atoms with van der Waals surface area (Å²) in [6, 6.07) is 20.4. The number of nitrogens with zero attached hydrogens (tertiary/aromatic N) is 9. The van der Waals surface area contributed by atoms with Gasteiger partial charge in [0.2, 0.25) is 10.7 Å². The number of hydrogen-bond donors (Lipinski definition) is 0. The summed E-state index contributed by atoms with van der Waals surface area (Å²) in [7, 11) is 5.15. The number of hydrogen-bond acceptors (Lipinski definition) is 18. The number of methoxy groups -OCH3 is 4. The highest BCUT2D eigenvalue weighted by atomic mass is 16.5. The largest absolute Gasteiger partial charge is 0.493 e. The van der Waals surface area contributed by atoms with Crippen molar-refractivity contribution in [2.75, 3.05) is 153 Å². The molecule has 0 N–H and O–H groups in total. The van der Waals surface area contributed by atoms with Crippen molar-refractivity contribution in [3.05, 3.63) is 153 Å². The lowest BCUT2D eigenvalue weighted by molar-refractivity contribution is -0.141. The van der Waals surface area contributed by atoms with Gasteiger partial charge in [-0.05, 0) is 162 Å². The Labute approximate surface area is 612 Å². The molecule has 6 aromatic carbocycles. The van der Waals surface area contributed by atoms with Gasteiger partial charge < -0.3 is 62.2 Å². The molecule has 0 aromatic heterocycles. The van der Waals surface area contributed by atoms with Gasteiger partial charge in [0.15, 0.2) is 0 Å². The normalized spacial score (nSPS) is 16.4. The van der Waals surface area contributed by atoms with E-state index in [0.717, 1.165) is 143 Å². The number of esters is 4. The molecule has 0 saturated carbocycles. The van der Waals surface area contributed by atoms with E-state index < -0.39 is 23.9 Å². The lowest BCUT2D eigenvalue weighted by atomic mass is 9.82. The first-order chi connectivity index (χ1) is 51.4. The minimum Gasteiger partial charge on any atom is -0.493 e. The van der Waals surface area contributed by atoms with E-state index in [1.54, 1.807) is 40.3 Å². The molecule has 10 aliphatic heterocycles. The minimum absolute atomic E-state index is 0.00614. The van der Waals surface area contributed by atoms with E-state index in [-0.39, 0.29) is 39.4 Å². The number of para-hydroxylation sites is 2. The van der Waals surface area contributed by atoms with Crippen LogP contribution in [0, 0.1) is 0 Å². The quantitative estimate of drug-likeness (QED) is 0.0105. The third-order valence-corrected chi connectivity index (χ3v) is 22.8. The fourth-order valence-corrected chi connectivity index (χ4v) is 18.1. The van der Waals surface area contributed by atoms with E-state index in [2.05, 4.69) is 60.2 Å². The van der Waals surface area contributed by atoms with Crippen LogP contribution in [-0.2, 0) is 89.5 Å². The number of carbonyl (C=O) groups is 4. The third-order valence-electron chi connectivity index (χ3n) is 22.8. The van der Waals surface area contributed by atoms with Crippen molar-refractivity contribution in [2.45, 2.75) is 135 Å². The maximum absolute atomic E-state index is 13.4. The molecule has 0 spiro atoms. The van der Waals surface area contributed by atoms with Gasteiger partial charge in [0, 0.05) is 136 Å². The zero-order chi connectivity index (χ0) is 72.2. The SMILES string of the molecule is CC1=c2cc3c4c(c2Oc2c1cc1c5c2CCCN5CCC1)CCC[N+]=4CCC3.COC(=O)CN(CC(=O)OC)c1ccccc1OCCOc1cc(OCCCCCCN=[N+]=[N-])c(C2=c3cc4c5c(c3Oc3c2cc2c6c3CCCN6CCC2)CCC[N+]=5CCC4)cc1N(CC(=O)OC)CC(=O)OC. The average Bonchev–Trinajstić information content (AvgIpc) is 0.713. The molecule has 0 bridgehead atoms. The summed E-state index contributed by atoms with van der Waals surface area (Å²) in [5.41, 5.74) is 29.1. The minimum atomic E-state index is -0.583. The van der Waals surface area contributed by atoms with Crippen molar-refractivity contribution in [3.63, 3.8) is 0 Å². The Hall–Kier alpha value is -9.95. The average molecular weight is 1430 g/mol. The molecule has 0 unspecified atom stereocenters. The Morgan fingerprint density at radius 3 is 1.51 bits per heavy atom. The second-order valence-corrected chi connectivity index (χ2v) is 29.2. The van der Waals surface area contributed by atoms with Crippen LogP contribution in [0.3, 0.4) is 0 Å². The van der Waals surface area contributed by atoms with Crippen molar-refractivity contribution in [3.8, 4) is 40.2 Å². The first-order valence-electron chi connectivity index (χ1n) is 38.2. The number of benzene rings is 6. The van der Waals surface area contributed by atoms with Gasteiger partial charge in [0.1, 0.15) is 106 Å². The summed E-state index contributed by atoms with van der Waals surface area (Å²) >= 11 is 0. The number of anilines is 4. The Kier molecular flexibility index (Phi) is 21.1. The first kappa shape index (κ1) is 70.7. The number of rotatable bonds is 24. The summed E-state index contributed by atoms with van der Waals surface area (Å²) in [5, 5.41) is 8.85. The molecule has 0 amide bonds. The molecule has 0 radical (unpaired) electrons. The fourth-order valence-electron chi connectivity index (χ4n) is 18.1. The van der Waals surface area contributed by atoms with Crippen molar-refractivity contribution in [1.29, 1.82) is 0 Å². The molecule has 105 heavy (non-hydrogen) atoms. The third kappa shape index (κ3) is 14.1. The molecular weight excluding hydrogens is 1330 g/mol. The van der Waals surface area contributed by atoms with Crippen LogP contribution >= 0.6 is 0 Å². The van der Waals surface area contributed by atoms with E-state index in [9.17, 15) is 19.2 Å². The van der Waals surface area contributed by atoms with Crippen LogP contribution in [0.4, 0.5) is 22.7 Å². The van der Waals surface area contributed by atoms with Crippen molar-refractivity contribution < 1.29 is 61.8 Å². The molecule has 16 rings (SSSR count). The van der Waals surface area contributed by atoms with E-state index in [4.69, 9.17) is 48.2 Å². The fraction of sp³-hybridized carbons (Fsp3) is 0.494. The first-order valence-corrected chi connectivity index (χ1v) is 38.2. The lowest BCUT2D eigenvalue weighted by Crippen LogP contribution is -2.45. The van der Waals surface area contributed by atoms with Gasteiger partial charge in [-0.25, -0.2) is 9.15 Å². The molecule has 6 aromatic rings. The summed E-state index contributed by atoms with van der Waals surface area (Å²) in [6.45, 7) is 10.9. The van der Waals surface area contributed by atoms with Crippen LogP contribution in [0.2, 0.25) is 0 Å². The molecule has 22 nitrogen and oxygen atoms in total. The second-order valence-electron chi connectivity index (χ2n) is 29.2. The standard InChI is InChI=1S/C57H68N7O12.C26H29N2O/c1-69-49(65)33-63(34-50(66)70-2)44-19-7-8-20-46(44)74-27-28-75-48-32-47(73-26-10-6-5-9-21-59-60-58)41(31-45(48)64(35-51(67)71-3)36-52(68)72-4)53-42-29-37-15-11-22-61-24-13-17-39(54(37)61)56(42)76-57-40-18-14-25-62-23-12-16-38(55(40)62)30-43(53)57;1-16-21-14-17-6-2-10-27-12-4-8-19(23(17)27)25(21)29-26-20-9-5-13-28-11-3-7-18(24(20)28)15-22(16)26/h7-8,19-20,29-32H,5-6,9-18,21-28,33-36H2,1-4H3;14-15H,2-13H2,1H3/q2*+1. The number of carbonyl (C=O) groups excluding carboxylic acids is 4. The van der Waals surface area contributed by atoms with E-state index in [0.29, 0.717) is 48.2 Å². The van der Waals surface area contributed by atoms with Crippen LogP contribution in [-0.4, -0.2) is 157 Å². The van der Waals surface area contributed by atoms with E-state index in [1.807, 2.05) is 12.1 Å². The Morgan fingerprint density at radius 1 is 0.476 bits per heavy atom. The van der Waals surface area contributed by atoms with Crippen LogP contribution in [0.15, 0.2) is 65.8 Å². The predicted octanol–water partition coefficient (Wildman–Crippen LogP) is 9.23. The van der Waals surface area contributed by atoms with Crippen LogP contribution in [0.5, 0.6) is 40.2 Å². The van der Waals surface area contributed by atoms with Gasteiger partial charge in [-0.2, -0.15) is 0 Å². The van der Waals surface area contributed by atoms with E-state index in [1.165, 1.54) is 181 Å². The Morgan fingerprint density at radius 2 is 0.943 bits per heavy atom. The predicted molar refractivity (Wildman–Crippen MR) is 401 cm³/mol. The number of azide groups is 1. The maximum Gasteiger partial charge on any atom is 0.325 e. The number of aryl methyl sites for hydroxylation is 4. The number of ether oxygens (including phenoxy) is 9. The topological polar surface area (TPSA) is 219 Å².